The van der Waals surface area contributed by atoms with Crippen LogP contribution in [-0.2, 0) is 4.79 Å². The van der Waals surface area contributed by atoms with Crippen LogP contribution >= 0.6 is 0 Å². The second-order valence-electron chi connectivity index (χ2n) is 3.99. The van der Waals surface area contributed by atoms with Gasteiger partial charge < -0.3 is 9.47 Å². The van der Waals surface area contributed by atoms with Crippen LogP contribution in [0, 0.1) is 0 Å². The zero-order valence-electron chi connectivity index (χ0n) is 11.7. The summed E-state index contributed by atoms with van der Waals surface area (Å²) in [6.07, 6.45) is 0.243. The van der Waals surface area contributed by atoms with Gasteiger partial charge in [0, 0.05) is 6.42 Å². The Morgan fingerprint density at radius 3 is 1.95 bits per heavy atom. The van der Waals surface area contributed by atoms with Gasteiger partial charge in [-0.1, -0.05) is 13.0 Å². The van der Waals surface area contributed by atoms with Gasteiger partial charge in [-0.25, -0.2) is 0 Å². The van der Waals surface area contributed by atoms with Gasteiger partial charge in [-0.05, 0) is 26.0 Å². The third kappa shape index (κ3) is 4.09. The van der Waals surface area contributed by atoms with E-state index in [1.54, 1.807) is 25.1 Å². The number of hydrogen-bond acceptors (Lipinski definition) is 4. The first-order valence-electron chi connectivity index (χ1n) is 6.57. The molecule has 0 saturated carbocycles. The topological polar surface area (TPSA) is 52.6 Å². The van der Waals surface area contributed by atoms with Crippen molar-refractivity contribution in [2.75, 3.05) is 13.2 Å². The molecule has 0 amide bonds. The molecule has 0 heterocycles. The quantitative estimate of drug-likeness (QED) is 0.535. The molecule has 0 atom stereocenters. The van der Waals surface area contributed by atoms with Crippen molar-refractivity contribution in [3.05, 3.63) is 23.8 Å². The molecule has 0 saturated heterocycles. The van der Waals surface area contributed by atoms with Crippen molar-refractivity contribution >= 4 is 11.6 Å². The second kappa shape index (κ2) is 7.56. The van der Waals surface area contributed by atoms with Crippen molar-refractivity contribution in [3.8, 4) is 11.5 Å². The molecule has 0 aliphatic heterocycles. The van der Waals surface area contributed by atoms with E-state index in [1.807, 2.05) is 13.8 Å². The molecule has 104 valence electrons. The zero-order chi connectivity index (χ0) is 14.3. The van der Waals surface area contributed by atoms with Crippen molar-refractivity contribution < 1.29 is 19.1 Å². The van der Waals surface area contributed by atoms with Crippen LogP contribution in [0.5, 0.6) is 11.5 Å². The summed E-state index contributed by atoms with van der Waals surface area (Å²) in [5, 5.41) is 0. The van der Waals surface area contributed by atoms with Gasteiger partial charge in [-0.3, -0.25) is 9.59 Å². The summed E-state index contributed by atoms with van der Waals surface area (Å²) in [4.78, 5) is 23.7. The van der Waals surface area contributed by atoms with Crippen LogP contribution in [0.15, 0.2) is 18.2 Å². The van der Waals surface area contributed by atoms with Crippen LogP contribution in [-0.4, -0.2) is 24.8 Å². The molecule has 0 aromatic heterocycles. The lowest BCUT2D eigenvalue weighted by atomic mass is 10.0. The predicted molar refractivity (Wildman–Crippen MR) is 73.0 cm³/mol. The third-order valence-corrected chi connectivity index (χ3v) is 2.62. The lowest BCUT2D eigenvalue weighted by Gasteiger charge is -2.13. The Morgan fingerprint density at radius 1 is 1.00 bits per heavy atom. The highest BCUT2D eigenvalue weighted by Gasteiger charge is 2.20. The van der Waals surface area contributed by atoms with Crippen molar-refractivity contribution in [2.45, 2.75) is 33.6 Å². The second-order valence-corrected chi connectivity index (χ2v) is 3.99. The molecule has 19 heavy (non-hydrogen) atoms. The predicted octanol–water partition coefficient (Wildman–Crippen LogP) is 3.04. The SMILES string of the molecule is CCOc1cccc(OCC)c1C(=O)CC(=O)CC. The minimum Gasteiger partial charge on any atom is -0.493 e. The van der Waals surface area contributed by atoms with Gasteiger partial charge >= 0.3 is 0 Å². The largest absolute Gasteiger partial charge is 0.493 e. The van der Waals surface area contributed by atoms with E-state index in [1.165, 1.54) is 0 Å². The minimum absolute atomic E-state index is 0.0845. The molecule has 1 aromatic carbocycles. The van der Waals surface area contributed by atoms with Crippen molar-refractivity contribution in [3.63, 3.8) is 0 Å². The molecule has 0 aliphatic rings. The Bertz CT molecular complexity index is 427. The van der Waals surface area contributed by atoms with Gasteiger partial charge in [0.1, 0.15) is 22.8 Å². The smallest absolute Gasteiger partial charge is 0.177 e. The number of carbonyl (C=O) groups is 2. The third-order valence-electron chi connectivity index (χ3n) is 2.62. The molecule has 0 N–H and O–H groups in total. The normalized spacial score (nSPS) is 10.1. The van der Waals surface area contributed by atoms with E-state index in [0.717, 1.165) is 0 Å². The summed E-state index contributed by atoms with van der Waals surface area (Å²) in [5.74, 6) is 0.614. The van der Waals surface area contributed by atoms with Crippen LogP contribution in [0.3, 0.4) is 0 Å². The van der Waals surface area contributed by atoms with E-state index < -0.39 is 0 Å². The fourth-order valence-electron chi connectivity index (χ4n) is 1.73. The molecule has 0 radical (unpaired) electrons. The van der Waals surface area contributed by atoms with E-state index in [9.17, 15) is 9.59 Å². The number of benzene rings is 1. The molecule has 1 aromatic rings. The summed E-state index contributed by atoms with van der Waals surface area (Å²) in [7, 11) is 0. The number of Topliss-reactive ketones (excluding diaryl/α,β-unsaturated/α-hetero) is 2. The van der Waals surface area contributed by atoms with E-state index in [0.29, 0.717) is 36.7 Å². The maximum absolute atomic E-state index is 12.2. The number of ketones is 2. The van der Waals surface area contributed by atoms with E-state index in [-0.39, 0.29) is 18.0 Å². The summed E-state index contributed by atoms with van der Waals surface area (Å²) < 4.78 is 10.9. The lowest BCUT2D eigenvalue weighted by Crippen LogP contribution is -2.11. The highest BCUT2D eigenvalue weighted by atomic mass is 16.5. The molecule has 0 spiro atoms. The Balaban J connectivity index is 3.11. The van der Waals surface area contributed by atoms with Gasteiger partial charge in [0.15, 0.2) is 5.78 Å². The molecule has 1 rings (SSSR count). The van der Waals surface area contributed by atoms with Gasteiger partial charge in [0.05, 0.1) is 19.6 Å². The maximum atomic E-state index is 12.2. The molecule has 0 unspecified atom stereocenters. The summed E-state index contributed by atoms with van der Waals surface area (Å²) in [5.41, 5.74) is 0.369. The molecule has 0 fully saturated rings. The number of ether oxygens (including phenoxy) is 2. The average Bonchev–Trinajstić information content (AvgIpc) is 2.39. The Morgan fingerprint density at radius 2 is 1.53 bits per heavy atom. The average molecular weight is 264 g/mol. The van der Waals surface area contributed by atoms with Gasteiger partial charge in [0.2, 0.25) is 0 Å². The fourth-order valence-corrected chi connectivity index (χ4v) is 1.73. The van der Waals surface area contributed by atoms with E-state index in [2.05, 4.69) is 0 Å². The first-order valence-corrected chi connectivity index (χ1v) is 6.57. The van der Waals surface area contributed by atoms with Crippen LogP contribution < -0.4 is 9.47 Å². The lowest BCUT2D eigenvalue weighted by molar-refractivity contribution is -0.117. The van der Waals surface area contributed by atoms with Gasteiger partial charge in [-0.15, -0.1) is 0 Å². The van der Waals surface area contributed by atoms with Crippen molar-refractivity contribution in [1.82, 2.24) is 0 Å². The molecule has 0 bridgehead atoms. The highest BCUT2D eigenvalue weighted by molar-refractivity contribution is 6.10. The Hall–Kier alpha value is -1.84. The van der Waals surface area contributed by atoms with Gasteiger partial charge in [-0.2, -0.15) is 0 Å². The first kappa shape index (κ1) is 15.2. The van der Waals surface area contributed by atoms with Gasteiger partial charge in [0.25, 0.3) is 0 Å². The van der Waals surface area contributed by atoms with Crippen LogP contribution in [0.25, 0.3) is 0 Å². The first-order chi connectivity index (χ1) is 9.13. The Kier molecular flexibility index (Phi) is 6.06. The fraction of sp³-hybridized carbons (Fsp3) is 0.467. The monoisotopic (exact) mass is 264 g/mol. The summed E-state index contributed by atoms with van der Waals surface area (Å²) in [6, 6.07) is 5.21. The zero-order valence-corrected chi connectivity index (χ0v) is 11.7. The molecule has 4 nitrogen and oxygen atoms in total. The number of carbonyl (C=O) groups excluding carboxylic acids is 2. The molecule has 4 heteroatoms. The van der Waals surface area contributed by atoms with Crippen LogP contribution in [0.4, 0.5) is 0 Å². The van der Waals surface area contributed by atoms with Crippen LogP contribution in [0.1, 0.15) is 44.0 Å². The van der Waals surface area contributed by atoms with E-state index in [4.69, 9.17) is 9.47 Å². The Labute approximate surface area is 113 Å². The van der Waals surface area contributed by atoms with Crippen molar-refractivity contribution in [2.24, 2.45) is 0 Å². The molecular weight excluding hydrogens is 244 g/mol. The number of hydrogen-bond donors (Lipinski definition) is 0. The minimum atomic E-state index is -0.251. The number of rotatable bonds is 8. The van der Waals surface area contributed by atoms with Crippen molar-refractivity contribution in [1.29, 1.82) is 0 Å². The molecule has 0 aliphatic carbocycles. The molecular formula is C15H20O4. The highest BCUT2D eigenvalue weighted by Crippen LogP contribution is 2.30. The summed E-state index contributed by atoms with van der Waals surface area (Å²) >= 11 is 0. The maximum Gasteiger partial charge on any atom is 0.177 e. The van der Waals surface area contributed by atoms with Crippen LogP contribution in [0.2, 0.25) is 0 Å². The standard InChI is InChI=1S/C15H20O4/c1-4-11(16)10-12(17)15-13(18-5-2)8-7-9-14(15)19-6-3/h7-9H,4-6,10H2,1-3H3. The van der Waals surface area contributed by atoms with E-state index >= 15 is 0 Å². The summed E-state index contributed by atoms with van der Waals surface area (Å²) in [6.45, 7) is 6.35.